The third-order valence-electron chi connectivity index (χ3n) is 11.5. The van der Waals surface area contributed by atoms with E-state index in [1.54, 1.807) is 12.7 Å². The molecule has 0 spiro atoms. The average Bonchev–Trinajstić information content (AvgIpc) is 3.36. The Bertz CT molecular complexity index is 3030. The molecule has 62 heavy (non-hydrogen) atoms. The summed E-state index contributed by atoms with van der Waals surface area (Å²) < 4.78 is 6.68. The maximum Gasteiger partial charge on any atom is 0.163 e. The van der Waals surface area contributed by atoms with Gasteiger partial charge < -0.3 is 4.74 Å². The van der Waals surface area contributed by atoms with Gasteiger partial charge in [0.05, 0.1) is 5.41 Å². The van der Waals surface area contributed by atoms with Gasteiger partial charge in [0.15, 0.2) is 23.3 Å². The normalized spacial score (nSPS) is 12.5. The predicted octanol–water partition coefficient (Wildman–Crippen LogP) is 12.5. The molecule has 0 bridgehead atoms. The molecule has 7 heteroatoms. The highest BCUT2D eigenvalue weighted by atomic mass is 16.5. The van der Waals surface area contributed by atoms with E-state index in [0.29, 0.717) is 23.3 Å². The molecule has 0 radical (unpaired) electrons. The summed E-state index contributed by atoms with van der Waals surface area (Å²) in [7, 11) is 0. The van der Waals surface area contributed by atoms with Crippen molar-refractivity contribution in [3.63, 3.8) is 0 Å². The van der Waals surface area contributed by atoms with Crippen LogP contribution in [0.15, 0.2) is 219 Å². The molecule has 0 atom stereocenters. The fraction of sp³-hybridized carbons (Fsp3) is 0.0182. The first kappa shape index (κ1) is 36.6. The van der Waals surface area contributed by atoms with Gasteiger partial charge in [-0.2, -0.15) is 0 Å². The molecule has 7 nitrogen and oxygen atoms in total. The van der Waals surface area contributed by atoms with Crippen LogP contribution in [-0.4, -0.2) is 29.9 Å². The molecule has 0 saturated heterocycles. The zero-order chi connectivity index (χ0) is 41.3. The molecule has 1 aliphatic rings. The van der Waals surface area contributed by atoms with Crippen LogP contribution in [0.25, 0.3) is 67.8 Å². The Hall–Kier alpha value is -8.42. The fourth-order valence-corrected chi connectivity index (χ4v) is 8.65. The number of aromatic nitrogens is 6. The van der Waals surface area contributed by atoms with Crippen LogP contribution in [0.1, 0.15) is 22.3 Å². The van der Waals surface area contributed by atoms with E-state index in [0.717, 1.165) is 78.3 Å². The van der Waals surface area contributed by atoms with Gasteiger partial charge in [0.25, 0.3) is 0 Å². The Kier molecular flexibility index (Phi) is 9.24. The van der Waals surface area contributed by atoms with Crippen molar-refractivity contribution >= 4 is 0 Å². The summed E-state index contributed by atoms with van der Waals surface area (Å²) in [5.41, 5.74) is 11.5. The molecule has 0 amide bonds. The van der Waals surface area contributed by atoms with Gasteiger partial charge in [-0.15, -0.1) is 0 Å². The summed E-state index contributed by atoms with van der Waals surface area (Å²) >= 11 is 0. The second-order valence-electron chi connectivity index (χ2n) is 15.2. The van der Waals surface area contributed by atoms with E-state index in [2.05, 4.69) is 141 Å². The quantitative estimate of drug-likeness (QED) is 0.151. The smallest absolute Gasteiger partial charge is 0.163 e. The van der Waals surface area contributed by atoms with Crippen LogP contribution in [0.4, 0.5) is 0 Å². The average molecular weight is 797 g/mol. The molecule has 3 heterocycles. The van der Waals surface area contributed by atoms with Crippen molar-refractivity contribution in [3.8, 4) is 79.3 Å². The van der Waals surface area contributed by atoms with E-state index >= 15 is 0 Å². The van der Waals surface area contributed by atoms with E-state index < -0.39 is 5.41 Å². The van der Waals surface area contributed by atoms with Crippen molar-refractivity contribution in [2.45, 2.75) is 5.41 Å². The molecule has 0 fully saturated rings. The number of hydrogen-bond donors (Lipinski definition) is 0. The fourth-order valence-electron chi connectivity index (χ4n) is 8.65. The summed E-state index contributed by atoms with van der Waals surface area (Å²) in [4.78, 5) is 27.8. The number of fused-ring (bicyclic) bond motifs is 2. The van der Waals surface area contributed by atoms with E-state index in [-0.39, 0.29) is 0 Å². The third-order valence-corrected chi connectivity index (χ3v) is 11.5. The maximum atomic E-state index is 6.68. The highest BCUT2D eigenvalue weighted by Crippen LogP contribution is 2.56. The van der Waals surface area contributed by atoms with E-state index in [4.69, 9.17) is 14.7 Å². The summed E-state index contributed by atoms with van der Waals surface area (Å²) in [5.74, 6) is 4.15. The lowest BCUT2D eigenvalue weighted by Crippen LogP contribution is -2.34. The Morgan fingerprint density at radius 1 is 0.290 bits per heavy atom. The summed E-state index contributed by atoms with van der Waals surface area (Å²) in [6.45, 7) is 0. The zero-order valence-electron chi connectivity index (χ0n) is 33.4. The van der Waals surface area contributed by atoms with Gasteiger partial charge in [-0.25, -0.2) is 29.9 Å². The largest absolute Gasteiger partial charge is 0.457 e. The Morgan fingerprint density at radius 2 is 0.629 bits per heavy atom. The lowest BCUT2D eigenvalue weighted by molar-refractivity contribution is 0.434. The Labute approximate surface area is 359 Å². The molecular weight excluding hydrogens is 761 g/mol. The summed E-state index contributed by atoms with van der Waals surface area (Å²) in [5, 5.41) is 0. The topological polar surface area (TPSA) is 86.6 Å². The Balaban J connectivity index is 1.05. The van der Waals surface area contributed by atoms with Crippen LogP contribution in [0.3, 0.4) is 0 Å². The van der Waals surface area contributed by atoms with Crippen molar-refractivity contribution in [3.05, 3.63) is 241 Å². The van der Waals surface area contributed by atoms with Crippen molar-refractivity contribution in [1.29, 1.82) is 0 Å². The van der Waals surface area contributed by atoms with Gasteiger partial charge in [-0.1, -0.05) is 170 Å². The van der Waals surface area contributed by atoms with E-state index in [1.165, 1.54) is 0 Å². The first-order valence-corrected chi connectivity index (χ1v) is 20.5. The van der Waals surface area contributed by atoms with Crippen LogP contribution in [-0.2, 0) is 5.41 Å². The van der Waals surface area contributed by atoms with Crippen LogP contribution < -0.4 is 4.74 Å². The van der Waals surface area contributed by atoms with Crippen molar-refractivity contribution in [2.75, 3.05) is 0 Å². The third kappa shape index (κ3) is 6.58. The van der Waals surface area contributed by atoms with Crippen LogP contribution >= 0.6 is 0 Å². The van der Waals surface area contributed by atoms with Crippen LogP contribution in [0.2, 0.25) is 0 Å². The van der Waals surface area contributed by atoms with E-state index in [1.807, 2.05) is 84.9 Å². The predicted molar refractivity (Wildman–Crippen MR) is 244 cm³/mol. The molecule has 0 unspecified atom stereocenters. The summed E-state index contributed by atoms with van der Waals surface area (Å²) in [6, 6.07) is 71.4. The minimum Gasteiger partial charge on any atom is -0.457 e. The number of hydrogen-bond acceptors (Lipinski definition) is 7. The molecule has 292 valence electrons. The molecule has 0 N–H and O–H groups in total. The van der Waals surface area contributed by atoms with Gasteiger partial charge in [0.1, 0.15) is 24.2 Å². The van der Waals surface area contributed by atoms with Gasteiger partial charge in [0.2, 0.25) is 0 Å². The number of rotatable bonds is 8. The van der Waals surface area contributed by atoms with Gasteiger partial charge in [0, 0.05) is 33.4 Å². The van der Waals surface area contributed by atoms with Gasteiger partial charge in [-0.3, -0.25) is 0 Å². The SMILES string of the molecule is c1ccc(-c2ncnc(-c3cccc(-c4cccc(C5(c6cccc(-c7cccc(-c8ncnc(-c9ccccc9)n8)c7)c6)c6ccccc6Oc6ccccc65)c4)c3)n2)cc1. The lowest BCUT2D eigenvalue weighted by Gasteiger charge is -2.41. The van der Waals surface area contributed by atoms with Crippen LogP contribution in [0.5, 0.6) is 11.5 Å². The lowest BCUT2D eigenvalue weighted by atomic mass is 9.63. The van der Waals surface area contributed by atoms with E-state index in [9.17, 15) is 0 Å². The number of para-hydroxylation sites is 2. The van der Waals surface area contributed by atoms with Crippen LogP contribution in [0, 0.1) is 0 Å². The molecule has 11 rings (SSSR count). The second kappa shape index (κ2) is 15.6. The molecule has 0 saturated carbocycles. The molecule has 2 aromatic heterocycles. The van der Waals surface area contributed by atoms with Crippen molar-refractivity contribution in [1.82, 2.24) is 29.9 Å². The monoisotopic (exact) mass is 796 g/mol. The standard InChI is InChI=1S/C55H36N6O/c1-3-15-37(16-4-1)51-56-35-58-53(60-51)43-23-11-19-39(31-43)41-21-13-25-45(33-41)55(47-27-7-9-29-49(47)62-50-30-10-8-28-48(50)55)46-26-14-22-42(34-46)40-20-12-24-44(32-40)54-59-36-57-52(61-54)38-17-5-2-6-18-38/h1-36H. The minimum atomic E-state index is -0.746. The maximum absolute atomic E-state index is 6.68. The molecule has 8 aromatic carbocycles. The number of nitrogens with zero attached hydrogens (tertiary/aromatic N) is 6. The molecule has 0 aliphatic carbocycles. The second-order valence-corrected chi connectivity index (χ2v) is 15.2. The van der Waals surface area contributed by atoms with Crippen molar-refractivity contribution < 1.29 is 4.74 Å². The molecular formula is C55H36N6O. The van der Waals surface area contributed by atoms with Crippen molar-refractivity contribution in [2.24, 2.45) is 0 Å². The minimum absolute atomic E-state index is 0.619. The van der Waals surface area contributed by atoms with Gasteiger partial charge >= 0.3 is 0 Å². The Morgan fingerprint density at radius 3 is 1.08 bits per heavy atom. The number of benzene rings is 8. The molecule has 10 aromatic rings. The number of ether oxygens (including phenoxy) is 1. The summed E-state index contributed by atoms with van der Waals surface area (Å²) in [6.07, 6.45) is 3.17. The van der Waals surface area contributed by atoms with Gasteiger partial charge in [-0.05, 0) is 69.8 Å². The molecule has 1 aliphatic heterocycles. The highest BCUT2D eigenvalue weighted by molar-refractivity contribution is 5.77. The zero-order valence-corrected chi connectivity index (χ0v) is 33.4. The highest BCUT2D eigenvalue weighted by Gasteiger charge is 2.45. The first-order valence-electron chi connectivity index (χ1n) is 20.5. The first-order chi connectivity index (χ1) is 30.7.